The highest BCUT2D eigenvalue weighted by Crippen LogP contribution is 2.27. The smallest absolute Gasteiger partial charge is 0.295 e. The van der Waals surface area contributed by atoms with Crippen LogP contribution >= 0.6 is 23.2 Å². The van der Waals surface area contributed by atoms with E-state index in [-0.39, 0.29) is 11.4 Å². The van der Waals surface area contributed by atoms with Crippen molar-refractivity contribution in [2.75, 3.05) is 5.32 Å². The van der Waals surface area contributed by atoms with Crippen LogP contribution in [0.4, 0.5) is 15.8 Å². The molecule has 2 aromatic carbocycles. The van der Waals surface area contributed by atoms with Crippen LogP contribution in [-0.4, -0.2) is 4.92 Å². The highest BCUT2D eigenvalue weighted by atomic mass is 35.5. The van der Waals surface area contributed by atoms with E-state index < -0.39 is 10.7 Å². The summed E-state index contributed by atoms with van der Waals surface area (Å²) in [6, 6.07) is 8.40. The van der Waals surface area contributed by atoms with Crippen LogP contribution in [0.1, 0.15) is 5.56 Å². The average molecular weight is 315 g/mol. The number of anilines is 1. The predicted molar refractivity (Wildman–Crippen MR) is 76.8 cm³/mol. The van der Waals surface area contributed by atoms with Crippen molar-refractivity contribution in [3.63, 3.8) is 0 Å². The summed E-state index contributed by atoms with van der Waals surface area (Å²) < 4.78 is 13.0. The van der Waals surface area contributed by atoms with E-state index in [1.54, 1.807) is 18.2 Å². The molecular formula is C13H9Cl2FN2O2. The van der Waals surface area contributed by atoms with Crippen molar-refractivity contribution in [1.82, 2.24) is 0 Å². The van der Waals surface area contributed by atoms with Gasteiger partial charge in [-0.3, -0.25) is 10.1 Å². The van der Waals surface area contributed by atoms with E-state index in [1.807, 2.05) is 0 Å². The molecule has 0 bridgehead atoms. The molecule has 1 N–H and O–H groups in total. The maximum absolute atomic E-state index is 13.0. The maximum atomic E-state index is 13.0. The first-order chi connectivity index (χ1) is 9.47. The van der Waals surface area contributed by atoms with Crippen molar-refractivity contribution in [3.05, 3.63) is 67.9 Å². The third kappa shape index (κ3) is 3.37. The van der Waals surface area contributed by atoms with Gasteiger partial charge < -0.3 is 5.32 Å². The normalized spacial score (nSPS) is 10.3. The molecule has 0 saturated heterocycles. The second kappa shape index (κ2) is 6.07. The number of halogens is 3. The van der Waals surface area contributed by atoms with Crippen molar-refractivity contribution < 1.29 is 9.31 Å². The van der Waals surface area contributed by atoms with Gasteiger partial charge in [-0.15, -0.1) is 0 Å². The van der Waals surface area contributed by atoms with Gasteiger partial charge in [0.15, 0.2) is 0 Å². The van der Waals surface area contributed by atoms with Crippen LogP contribution in [0.15, 0.2) is 36.4 Å². The van der Waals surface area contributed by atoms with Gasteiger partial charge in [-0.2, -0.15) is 0 Å². The Morgan fingerprint density at radius 3 is 2.55 bits per heavy atom. The second-order valence-corrected chi connectivity index (χ2v) is 4.83. The summed E-state index contributed by atoms with van der Waals surface area (Å²) in [7, 11) is 0. The van der Waals surface area contributed by atoms with Crippen LogP contribution in [0.25, 0.3) is 0 Å². The fourth-order valence-electron chi connectivity index (χ4n) is 1.65. The molecule has 0 saturated carbocycles. The lowest BCUT2D eigenvalue weighted by Crippen LogP contribution is -2.03. The molecule has 104 valence electrons. The standard InChI is InChI=1S/C13H9Cl2FN2O2/c14-10-3-1-8(5-11(10)15)7-17-12-4-2-9(16)6-13(12)18(19)20/h1-6,17H,7H2. The molecule has 0 aliphatic carbocycles. The largest absolute Gasteiger partial charge is 0.375 e. The first kappa shape index (κ1) is 14.6. The first-order valence-corrected chi connectivity index (χ1v) is 6.34. The summed E-state index contributed by atoms with van der Waals surface area (Å²) in [5, 5.41) is 14.6. The highest BCUT2D eigenvalue weighted by Gasteiger charge is 2.14. The van der Waals surface area contributed by atoms with Gasteiger partial charge >= 0.3 is 0 Å². The minimum atomic E-state index is -0.656. The highest BCUT2D eigenvalue weighted by molar-refractivity contribution is 6.42. The maximum Gasteiger partial charge on any atom is 0.295 e. The SMILES string of the molecule is O=[N+]([O-])c1cc(F)ccc1NCc1ccc(Cl)c(Cl)c1. The molecule has 2 rings (SSSR count). The van der Waals surface area contributed by atoms with Crippen LogP contribution in [-0.2, 0) is 6.54 Å². The predicted octanol–water partition coefficient (Wildman–Crippen LogP) is 4.65. The molecule has 0 aliphatic heterocycles. The number of rotatable bonds is 4. The zero-order valence-corrected chi connectivity index (χ0v) is 11.6. The molecule has 0 radical (unpaired) electrons. The van der Waals surface area contributed by atoms with E-state index in [0.29, 0.717) is 16.6 Å². The second-order valence-electron chi connectivity index (χ2n) is 4.02. The number of nitro groups is 1. The topological polar surface area (TPSA) is 55.2 Å². The van der Waals surface area contributed by atoms with Crippen molar-refractivity contribution in [1.29, 1.82) is 0 Å². The van der Waals surface area contributed by atoms with Crippen LogP contribution in [0.3, 0.4) is 0 Å². The molecule has 0 aliphatic rings. The molecule has 7 heteroatoms. The monoisotopic (exact) mass is 314 g/mol. The summed E-state index contributed by atoms with van der Waals surface area (Å²) in [6.07, 6.45) is 0. The summed E-state index contributed by atoms with van der Waals surface area (Å²) in [6.45, 7) is 0.309. The average Bonchev–Trinajstić information content (AvgIpc) is 2.41. The van der Waals surface area contributed by atoms with E-state index in [0.717, 1.165) is 17.7 Å². The Bertz CT molecular complexity index is 665. The van der Waals surface area contributed by atoms with Gasteiger partial charge in [0.2, 0.25) is 0 Å². The molecule has 20 heavy (non-hydrogen) atoms. The van der Waals surface area contributed by atoms with Gasteiger partial charge in [-0.25, -0.2) is 4.39 Å². The van der Waals surface area contributed by atoms with Crippen molar-refractivity contribution in [3.8, 4) is 0 Å². The fourth-order valence-corrected chi connectivity index (χ4v) is 1.97. The Hall–Kier alpha value is -1.85. The molecule has 2 aromatic rings. The van der Waals surface area contributed by atoms with E-state index in [9.17, 15) is 14.5 Å². The van der Waals surface area contributed by atoms with Gasteiger partial charge in [0.1, 0.15) is 11.5 Å². The van der Waals surface area contributed by atoms with E-state index in [2.05, 4.69) is 5.32 Å². The van der Waals surface area contributed by atoms with Gasteiger partial charge in [-0.1, -0.05) is 29.3 Å². The van der Waals surface area contributed by atoms with Gasteiger partial charge in [0.25, 0.3) is 5.69 Å². The number of nitro benzene ring substituents is 1. The van der Waals surface area contributed by atoms with Crippen LogP contribution in [0.5, 0.6) is 0 Å². The molecule has 0 atom stereocenters. The quantitative estimate of drug-likeness (QED) is 0.660. The Morgan fingerprint density at radius 1 is 1.15 bits per heavy atom. The number of hydrogen-bond donors (Lipinski definition) is 1. The third-order valence-corrected chi connectivity index (χ3v) is 3.36. The molecule has 0 heterocycles. The molecule has 0 amide bonds. The minimum Gasteiger partial charge on any atom is -0.375 e. The molecule has 0 fully saturated rings. The number of hydrogen-bond acceptors (Lipinski definition) is 3. The number of benzene rings is 2. The zero-order valence-electron chi connectivity index (χ0n) is 10.1. The first-order valence-electron chi connectivity index (χ1n) is 5.59. The van der Waals surface area contributed by atoms with Crippen LogP contribution < -0.4 is 5.32 Å². The minimum absolute atomic E-state index is 0.238. The zero-order chi connectivity index (χ0) is 14.7. The Morgan fingerprint density at radius 2 is 1.90 bits per heavy atom. The Labute approximate surface area is 124 Å². The van der Waals surface area contributed by atoms with Crippen LogP contribution in [0.2, 0.25) is 10.0 Å². The lowest BCUT2D eigenvalue weighted by molar-refractivity contribution is -0.384. The van der Waals surface area contributed by atoms with Crippen molar-refractivity contribution in [2.45, 2.75) is 6.54 Å². The van der Waals surface area contributed by atoms with Gasteiger partial charge in [0.05, 0.1) is 21.0 Å². The van der Waals surface area contributed by atoms with Gasteiger partial charge in [-0.05, 0) is 29.8 Å². The van der Waals surface area contributed by atoms with Crippen molar-refractivity contribution >= 4 is 34.6 Å². The molecular weight excluding hydrogens is 306 g/mol. The van der Waals surface area contributed by atoms with Crippen LogP contribution in [0, 0.1) is 15.9 Å². The lowest BCUT2D eigenvalue weighted by atomic mass is 10.2. The summed E-state index contributed by atoms with van der Waals surface area (Å²) in [5.74, 6) is -0.656. The Balaban J connectivity index is 2.18. The molecule has 0 unspecified atom stereocenters. The molecule has 0 aromatic heterocycles. The summed E-state index contributed by atoms with van der Waals surface area (Å²) in [5.41, 5.74) is 0.727. The summed E-state index contributed by atoms with van der Waals surface area (Å²) >= 11 is 11.7. The Kier molecular flexibility index (Phi) is 4.42. The lowest BCUT2D eigenvalue weighted by Gasteiger charge is -2.08. The van der Waals surface area contributed by atoms with E-state index in [1.165, 1.54) is 6.07 Å². The molecule has 0 spiro atoms. The van der Waals surface area contributed by atoms with Crippen molar-refractivity contribution in [2.24, 2.45) is 0 Å². The molecule has 4 nitrogen and oxygen atoms in total. The number of nitrogens with zero attached hydrogens (tertiary/aromatic N) is 1. The number of nitrogens with one attached hydrogen (secondary N) is 1. The van der Waals surface area contributed by atoms with E-state index >= 15 is 0 Å². The summed E-state index contributed by atoms with van der Waals surface area (Å²) in [4.78, 5) is 10.2. The third-order valence-electron chi connectivity index (χ3n) is 2.62. The van der Waals surface area contributed by atoms with Gasteiger partial charge in [0, 0.05) is 6.54 Å². The van der Waals surface area contributed by atoms with E-state index in [4.69, 9.17) is 23.2 Å². The fraction of sp³-hybridized carbons (Fsp3) is 0.0769.